The summed E-state index contributed by atoms with van der Waals surface area (Å²) in [6.07, 6.45) is 0.999. The van der Waals surface area contributed by atoms with Crippen molar-refractivity contribution >= 4 is 11.9 Å². The van der Waals surface area contributed by atoms with Crippen molar-refractivity contribution in [1.29, 1.82) is 0 Å². The van der Waals surface area contributed by atoms with Gasteiger partial charge in [-0.05, 0) is 13.3 Å². The lowest BCUT2D eigenvalue weighted by atomic mass is 10.1. The number of aliphatic carboxylic acids is 1. The monoisotopic (exact) mass is 258 g/mol. The summed E-state index contributed by atoms with van der Waals surface area (Å²) < 4.78 is 5.56. The summed E-state index contributed by atoms with van der Waals surface area (Å²) in [5, 5.41) is 11.6. The van der Waals surface area contributed by atoms with Crippen LogP contribution in [0.5, 0.6) is 0 Å². The Hall–Kier alpha value is -1.14. The van der Waals surface area contributed by atoms with Gasteiger partial charge in [-0.2, -0.15) is 0 Å². The molecule has 6 nitrogen and oxygen atoms in total. The summed E-state index contributed by atoms with van der Waals surface area (Å²) in [5.41, 5.74) is 0. The molecule has 3 atom stereocenters. The Labute approximate surface area is 107 Å². The second-order valence-electron chi connectivity index (χ2n) is 4.75. The number of hydrogen-bond donors (Lipinski definition) is 2. The van der Waals surface area contributed by atoms with E-state index in [9.17, 15) is 9.59 Å². The third kappa shape index (κ3) is 4.27. The number of morpholine rings is 1. The predicted octanol–water partition coefficient (Wildman–Crippen LogP) is 0.0750. The molecule has 18 heavy (non-hydrogen) atoms. The molecule has 0 aromatic heterocycles. The Kier molecular flexibility index (Phi) is 5.55. The molecule has 1 aliphatic heterocycles. The zero-order chi connectivity index (χ0) is 13.7. The van der Waals surface area contributed by atoms with Crippen molar-refractivity contribution in [3.63, 3.8) is 0 Å². The predicted molar refractivity (Wildman–Crippen MR) is 66.3 cm³/mol. The van der Waals surface area contributed by atoms with Crippen molar-refractivity contribution < 1.29 is 19.4 Å². The third-order valence-corrected chi connectivity index (χ3v) is 3.15. The fourth-order valence-electron chi connectivity index (χ4n) is 2.18. The van der Waals surface area contributed by atoms with Gasteiger partial charge in [-0.1, -0.05) is 6.92 Å². The summed E-state index contributed by atoms with van der Waals surface area (Å²) in [6, 6.07) is -0.640. The van der Waals surface area contributed by atoms with Gasteiger partial charge in [0.05, 0.1) is 12.7 Å². The van der Waals surface area contributed by atoms with Crippen LogP contribution in [0.3, 0.4) is 0 Å². The highest BCUT2D eigenvalue weighted by molar-refractivity contribution is 5.82. The molecule has 1 fully saturated rings. The maximum atomic E-state index is 11.1. The van der Waals surface area contributed by atoms with E-state index in [1.165, 1.54) is 6.92 Å². The van der Waals surface area contributed by atoms with Crippen LogP contribution < -0.4 is 5.32 Å². The van der Waals surface area contributed by atoms with Crippen molar-refractivity contribution in [1.82, 2.24) is 10.2 Å². The molecule has 0 bridgehead atoms. The smallest absolute Gasteiger partial charge is 0.327 e. The second-order valence-corrected chi connectivity index (χ2v) is 4.75. The van der Waals surface area contributed by atoms with Gasteiger partial charge in [-0.3, -0.25) is 9.69 Å². The van der Waals surface area contributed by atoms with Gasteiger partial charge >= 0.3 is 5.97 Å². The molecule has 0 radical (unpaired) electrons. The number of nitrogens with one attached hydrogen (secondary N) is 1. The summed E-state index contributed by atoms with van der Waals surface area (Å²) in [7, 11) is 0. The van der Waals surface area contributed by atoms with Gasteiger partial charge in [-0.25, -0.2) is 4.79 Å². The Morgan fingerprint density at radius 3 is 2.72 bits per heavy atom. The third-order valence-electron chi connectivity index (χ3n) is 3.15. The topological polar surface area (TPSA) is 78.9 Å². The minimum absolute atomic E-state index is 0.0968. The molecule has 1 rings (SSSR count). The largest absolute Gasteiger partial charge is 0.480 e. The maximum absolute atomic E-state index is 11.1. The van der Waals surface area contributed by atoms with E-state index in [4.69, 9.17) is 9.84 Å². The number of carbonyl (C=O) groups is 2. The van der Waals surface area contributed by atoms with E-state index in [1.807, 2.05) is 13.8 Å². The van der Waals surface area contributed by atoms with Gasteiger partial charge in [0.25, 0.3) is 0 Å². The Bertz CT molecular complexity index is 308. The first-order chi connectivity index (χ1) is 8.43. The van der Waals surface area contributed by atoms with Gasteiger partial charge in [0.15, 0.2) is 0 Å². The van der Waals surface area contributed by atoms with Crippen molar-refractivity contribution in [3.8, 4) is 0 Å². The number of ether oxygens (including phenoxy) is 1. The number of carboxylic acid groups (broad SMARTS) is 1. The molecule has 104 valence electrons. The van der Waals surface area contributed by atoms with Gasteiger partial charge in [0.1, 0.15) is 6.04 Å². The molecule has 0 aromatic rings. The first-order valence-corrected chi connectivity index (χ1v) is 6.29. The summed E-state index contributed by atoms with van der Waals surface area (Å²) in [5.74, 6) is -1.32. The fraction of sp³-hybridized carbons (Fsp3) is 0.833. The van der Waals surface area contributed by atoms with Crippen molar-refractivity contribution in [3.05, 3.63) is 0 Å². The standard InChI is InChI=1S/C12H22N2O4/c1-4-10-7-18-8(2)5-14(10)6-11(12(16)17)13-9(3)15/h8,10-11H,4-7H2,1-3H3,(H,13,15)(H,16,17). The van der Waals surface area contributed by atoms with Crippen LogP contribution in [0.25, 0.3) is 0 Å². The number of carbonyl (C=O) groups excluding carboxylic acids is 1. The molecule has 0 saturated carbocycles. The van der Waals surface area contributed by atoms with Crippen LogP contribution >= 0.6 is 0 Å². The molecule has 1 saturated heterocycles. The average Bonchev–Trinajstić information content (AvgIpc) is 2.27. The first-order valence-electron chi connectivity index (χ1n) is 6.29. The van der Waals surface area contributed by atoms with Crippen LogP contribution in [-0.2, 0) is 14.3 Å². The minimum Gasteiger partial charge on any atom is -0.480 e. The molecule has 1 amide bonds. The number of hydrogen-bond acceptors (Lipinski definition) is 4. The molecule has 3 unspecified atom stereocenters. The van der Waals surface area contributed by atoms with Crippen LogP contribution in [0.15, 0.2) is 0 Å². The van der Waals surface area contributed by atoms with E-state index in [0.29, 0.717) is 19.7 Å². The Morgan fingerprint density at radius 1 is 1.56 bits per heavy atom. The summed E-state index contributed by atoms with van der Waals surface area (Å²) >= 11 is 0. The van der Waals surface area contributed by atoms with Crippen LogP contribution in [0.2, 0.25) is 0 Å². The summed E-state index contributed by atoms with van der Waals surface area (Å²) in [6.45, 7) is 6.97. The molecule has 2 N–H and O–H groups in total. The maximum Gasteiger partial charge on any atom is 0.327 e. The van der Waals surface area contributed by atoms with Gasteiger partial charge in [0.2, 0.25) is 5.91 Å². The molecule has 0 aromatic carbocycles. The van der Waals surface area contributed by atoms with E-state index < -0.39 is 12.0 Å². The van der Waals surface area contributed by atoms with Gasteiger partial charge in [-0.15, -0.1) is 0 Å². The average molecular weight is 258 g/mol. The van der Waals surface area contributed by atoms with E-state index in [0.717, 1.165) is 6.42 Å². The highest BCUT2D eigenvalue weighted by atomic mass is 16.5. The highest BCUT2D eigenvalue weighted by Gasteiger charge is 2.30. The van der Waals surface area contributed by atoms with E-state index in [1.54, 1.807) is 0 Å². The van der Waals surface area contributed by atoms with E-state index >= 15 is 0 Å². The normalized spacial score (nSPS) is 26.6. The molecule has 0 aliphatic carbocycles. The van der Waals surface area contributed by atoms with Crippen LogP contribution in [-0.4, -0.2) is 59.8 Å². The zero-order valence-electron chi connectivity index (χ0n) is 11.2. The molecular weight excluding hydrogens is 236 g/mol. The van der Waals surface area contributed by atoms with Gasteiger partial charge < -0.3 is 15.2 Å². The van der Waals surface area contributed by atoms with Crippen molar-refractivity contribution in [2.24, 2.45) is 0 Å². The van der Waals surface area contributed by atoms with Gasteiger partial charge in [0, 0.05) is 26.1 Å². The molecule has 6 heteroatoms. The second kappa shape index (κ2) is 6.70. The number of amides is 1. The SMILES string of the molecule is CCC1COC(C)CN1CC(NC(C)=O)C(=O)O. The van der Waals surface area contributed by atoms with Crippen molar-refractivity contribution in [2.75, 3.05) is 19.7 Å². The van der Waals surface area contributed by atoms with E-state index in [2.05, 4.69) is 10.2 Å². The van der Waals surface area contributed by atoms with E-state index in [-0.39, 0.29) is 18.1 Å². The summed E-state index contributed by atoms with van der Waals surface area (Å²) in [4.78, 5) is 24.2. The number of rotatable bonds is 5. The van der Waals surface area contributed by atoms with Crippen molar-refractivity contribution in [2.45, 2.75) is 45.4 Å². The van der Waals surface area contributed by atoms with Crippen LogP contribution in [0.1, 0.15) is 27.2 Å². The van der Waals surface area contributed by atoms with Crippen LogP contribution in [0, 0.1) is 0 Å². The lowest BCUT2D eigenvalue weighted by Crippen LogP contribution is -2.55. The molecule has 0 spiro atoms. The Balaban J connectivity index is 2.64. The lowest BCUT2D eigenvalue weighted by Gasteiger charge is -2.39. The first kappa shape index (κ1) is 14.9. The molecular formula is C12H22N2O4. The zero-order valence-corrected chi connectivity index (χ0v) is 11.2. The Morgan fingerprint density at radius 2 is 2.22 bits per heavy atom. The minimum atomic E-state index is -1.00. The highest BCUT2D eigenvalue weighted by Crippen LogP contribution is 2.14. The molecule has 1 aliphatic rings. The number of nitrogens with zero attached hydrogens (tertiary/aromatic N) is 1. The number of carboxylic acids is 1. The quantitative estimate of drug-likeness (QED) is 0.730. The van der Waals surface area contributed by atoms with Crippen LogP contribution in [0.4, 0.5) is 0 Å². The fourth-order valence-corrected chi connectivity index (χ4v) is 2.18. The lowest BCUT2D eigenvalue weighted by molar-refractivity contribution is -0.143. The molecule has 1 heterocycles.